The van der Waals surface area contributed by atoms with Crippen molar-refractivity contribution >= 4 is 0 Å². The molecule has 0 N–H and O–H groups in total. The molecule has 0 aromatic heterocycles. The smallest absolute Gasteiger partial charge is 0.0102 e. The van der Waals surface area contributed by atoms with Crippen LogP contribution in [0.15, 0.2) is 48.5 Å². The monoisotopic (exact) mass is 402 g/mol. The van der Waals surface area contributed by atoms with Gasteiger partial charge >= 0.3 is 0 Å². The van der Waals surface area contributed by atoms with E-state index in [0.717, 1.165) is 0 Å². The van der Waals surface area contributed by atoms with Crippen molar-refractivity contribution in [3.05, 3.63) is 59.7 Å². The maximum atomic E-state index is 2.30. The zero-order chi connectivity index (χ0) is 11.7. The van der Waals surface area contributed by atoms with Crippen molar-refractivity contribution in [2.75, 3.05) is 0 Å². The standard InChI is InChI=1S/C17H18.Hf/c1-2-3-8-13-14-9-4-6-11-16(14)17-12-7-5-10-15(13)17;/h4-7,9-13H,2-3,8H2,1H3;. The molecule has 0 spiro atoms. The quantitative estimate of drug-likeness (QED) is 0.637. The van der Waals surface area contributed by atoms with E-state index in [9.17, 15) is 0 Å². The van der Waals surface area contributed by atoms with Crippen molar-refractivity contribution in [2.24, 2.45) is 0 Å². The molecule has 90 valence electrons. The average Bonchev–Trinajstić information content (AvgIpc) is 2.71. The third-order valence-corrected chi connectivity index (χ3v) is 3.81. The van der Waals surface area contributed by atoms with Gasteiger partial charge in [-0.3, -0.25) is 0 Å². The Morgan fingerprint density at radius 1 is 0.833 bits per heavy atom. The summed E-state index contributed by atoms with van der Waals surface area (Å²) in [5.41, 5.74) is 5.96. The summed E-state index contributed by atoms with van der Waals surface area (Å²) in [4.78, 5) is 0. The number of hydrogen-bond acceptors (Lipinski definition) is 0. The van der Waals surface area contributed by atoms with Crippen molar-refractivity contribution in [1.29, 1.82) is 0 Å². The Morgan fingerprint density at radius 3 is 1.83 bits per heavy atom. The molecular formula is C17H18Hf. The second-order valence-corrected chi connectivity index (χ2v) is 4.87. The van der Waals surface area contributed by atoms with E-state index >= 15 is 0 Å². The topological polar surface area (TPSA) is 0 Å². The summed E-state index contributed by atoms with van der Waals surface area (Å²) >= 11 is 0. The summed E-state index contributed by atoms with van der Waals surface area (Å²) in [5, 5.41) is 0. The summed E-state index contributed by atoms with van der Waals surface area (Å²) in [6.07, 6.45) is 3.87. The summed E-state index contributed by atoms with van der Waals surface area (Å²) in [7, 11) is 0. The van der Waals surface area contributed by atoms with E-state index < -0.39 is 0 Å². The van der Waals surface area contributed by atoms with Crippen LogP contribution in [-0.2, 0) is 25.8 Å². The molecule has 0 nitrogen and oxygen atoms in total. The van der Waals surface area contributed by atoms with Crippen molar-refractivity contribution in [2.45, 2.75) is 32.1 Å². The number of benzene rings is 2. The molecule has 0 amide bonds. The normalized spacial score (nSPS) is 12.7. The minimum atomic E-state index is 0. The van der Waals surface area contributed by atoms with E-state index in [2.05, 4.69) is 55.5 Å². The third kappa shape index (κ3) is 2.25. The number of unbranched alkanes of at least 4 members (excludes halogenated alkanes) is 1. The van der Waals surface area contributed by atoms with Gasteiger partial charge in [0.1, 0.15) is 0 Å². The van der Waals surface area contributed by atoms with Gasteiger partial charge in [-0.2, -0.15) is 0 Å². The molecule has 2 aromatic carbocycles. The van der Waals surface area contributed by atoms with Crippen LogP contribution < -0.4 is 0 Å². The van der Waals surface area contributed by atoms with Gasteiger partial charge in [-0.25, -0.2) is 0 Å². The second kappa shape index (κ2) is 5.97. The van der Waals surface area contributed by atoms with Gasteiger partial charge in [-0.05, 0) is 28.7 Å². The Labute approximate surface area is 128 Å². The molecule has 0 aliphatic heterocycles. The van der Waals surface area contributed by atoms with E-state index in [0.29, 0.717) is 5.92 Å². The average molecular weight is 401 g/mol. The molecule has 0 bridgehead atoms. The van der Waals surface area contributed by atoms with Gasteiger partial charge in [0.15, 0.2) is 0 Å². The number of hydrogen-bond donors (Lipinski definition) is 0. The zero-order valence-electron chi connectivity index (χ0n) is 10.8. The first-order chi connectivity index (χ1) is 8.42. The molecule has 0 saturated carbocycles. The van der Waals surface area contributed by atoms with Crippen LogP contribution in [0.4, 0.5) is 0 Å². The Bertz CT molecular complexity index is 485. The molecule has 18 heavy (non-hydrogen) atoms. The van der Waals surface area contributed by atoms with Crippen LogP contribution in [0.2, 0.25) is 0 Å². The van der Waals surface area contributed by atoms with Gasteiger partial charge in [-0.1, -0.05) is 68.3 Å². The van der Waals surface area contributed by atoms with E-state index in [1.165, 1.54) is 41.5 Å². The first-order valence-electron chi connectivity index (χ1n) is 6.60. The third-order valence-electron chi connectivity index (χ3n) is 3.81. The van der Waals surface area contributed by atoms with Gasteiger partial charge < -0.3 is 0 Å². The van der Waals surface area contributed by atoms with Crippen molar-refractivity contribution in [1.82, 2.24) is 0 Å². The van der Waals surface area contributed by atoms with E-state index in [-0.39, 0.29) is 25.8 Å². The van der Waals surface area contributed by atoms with Crippen LogP contribution in [0.3, 0.4) is 0 Å². The molecular weight excluding hydrogens is 383 g/mol. The second-order valence-electron chi connectivity index (χ2n) is 4.87. The van der Waals surface area contributed by atoms with Crippen LogP contribution in [0.5, 0.6) is 0 Å². The maximum Gasteiger partial charge on any atom is 0.0102 e. The van der Waals surface area contributed by atoms with Crippen LogP contribution in [0, 0.1) is 0 Å². The zero-order valence-corrected chi connectivity index (χ0v) is 14.4. The van der Waals surface area contributed by atoms with Crippen molar-refractivity contribution in [3.63, 3.8) is 0 Å². The predicted molar refractivity (Wildman–Crippen MR) is 73.2 cm³/mol. The van der Waals surface area contributed by atoms with Gasteiger partial charge in [-0.15, -0.1) is 0 Å². The summed E-state index contributed by atoms with van der Waals surface area (Å²) in [6.45, 7) is 2.27. The summed E-state index contributed by atoms with van der Waals surface area (Å²) in [5.74, 6) is 0.627. The van der Waals surface area contributed by atoms with Gasteiger partial charge in [0.25, 0.3) is 0 Å². The Kier molecular flexibility index (Phi) is 4.55. The van der Waals surface area contributed by atoms with Gasteiger partial charge in [0.05, 0.1) is 0 Å². The minimum absolute atomic E-state index is 0. The molecule has 1 aliphatic rings. The summed E-state index contributed by atoms with van der Waals surface area (Å²) < 4.78 is 0. The fraction of sp³-hybridized carbons (Fsp3) is 0.294. The fourth-order valence-electron chi connectivity index (χ4n) is 2.98. The minimum Gasteiger partial charge on any atom is -0.0654 e. The largest absolute Gasteiger partial charge is 0.0654 e. The number of rotatable bonds is 3. The molecule has 0 fully saturated rings. The molecule has 2 aromatic rings. The Balaban J connectivity index is 0.00000120. The summed E-state index contributed by atoms with van der Waals surface area (Å²) in [6, 6.07) is 17.8. The molecule has 1 aliphatic carbocycles. The molecule has 0 radical (unpaired) electrons. The van der Waals surface area contributed by atoms with E-state index in [1.54, 1.807) is 0 Å². The SMILES string of the molecule is CCCCC1c2ccccc2-c2ccccc21.[Hf]. The van der Waals surface area contributed by atoms with E-state index in [4.69, 9.17) is 0 Å². The first kappa shape index (κ1) is 13.7. The molecule has 3 rings (SSSR count). The number of fused-ring (bicyclic) bond motifs is 3. The molecule has 0 saturated heterocycles. The predicted octanol–water partition coefficient (Wildman–Crippen LogP) is 4.99. The van der Waals surface area contributed by atoms with Gasteiger partial charge in [0.2, 0.25) is 0 Å². The Hall–Kier alpha value is -0.690. The van der Waals surface area contributed by atoms with E-state index in [1.807, 2.05) is 0 Å². The van der Waals surface area contributed by atoms with Crippen LogP contribution >= 0.6 is 0 Å². The fourth-order valence-corrected chi connectivity index (χ4v) is 2.98. The molecule has 0 heterocycles. The maximum absolute atomic E-state index is 2.30. The molecule has 1 heteroatoms. The van der Waals surface area contributed by atoms with Crippen molar-refractivity contribution < 1.29 is 25.8 Å². The van der Waals surface area contributed by atoms with Crippen LogP contribution in [0.25, 0.3) is 11.1 Å². The van der Waals surface area contributed by atoms with Crippen LogP contribution in [-0.4, -0.2) is 0 Å². The molecule has 0 atom stereocenters. The van der Waals surface area contributed by atoms with Gasteiger partial charge in [0, 0.05) is 31.8 Å². The Morgan fingerprint density at radius 2 is 1.33 bits per heavy atom. The molecule has 0 unspecified atom stereocenters. The van der Waals surface area contributed by atoms with Crippen molar-refractivity contribution in [3.8, 4) is 11.1 Å². The van der Waals surface area contributed by atoms with Crippen LogP contribution in [0.1, 0.15) is 43.2 Å². The first-order valence-corrected chi connectivity index (χ1v) is 6.60.